The van der Waals surface area contributed by atoms with Gasteiger partial charge in [-0.1, -0.05) is 37.5 Å². The summed E-state index contributed by atoms with van der Waals surface area (Å²) in [7, 11) is 0. The number of hydrogen-bond donors (Lipinski definition) is 2. The lowest BCUT2D eigenvalue weighted by Gasteiger charge is -2.21. The smallest absolute Gasteiger partial charge is 0.256 e. The molecule has 1 aliphatic carbocycles. The minimum Gasteiger partial charge on any atom is -0.365 e. The first kappa shape index (κ1) is 17.7. The van der Waals surface area contributed by atoms with Gasteiger partial charge in [0.25, 0.3) is 11.8 Å². The van der Waals surface area contributed by atoms with Crippen LogP contribution in [0.4, 0.5) is 5.00 Å². The summed E-state index contributed by atoms with van der Waals surface area (Å²) in [6.45, 7) is 4.15. The van der Waals surface area contributed by atoms with Crippen molar-refractivity contribution in [1.29, 1.82) is 0 Å². The van der Waals surface area contributed by atoms with Crippen LogP contribution in [0.5, 0.6) is 0 Å². The first-order valence-electron chi connectivity index (χ1n) is 8.82. The van der Waals surface area contributed by atoms with E-state index >= 15 is 0 Å². The van der Waals surface area contributed by atoms with Gasteiger partial charge in [-0.05, 0) is 49.8 Å². The second kappa shape index (κ2) is 7.40. The van der Waals surface area contributed by atoms with Gasteiger partial charge in [0, 0.05) is 10.4 Å². The SMILES string of the molecule is CCCC1CCc2c(sc(NC(=O)c3cccc(C)c3)c2C(N)=O)C1. The summed E-state index contributed by atoms with van der Waals surface area (Å²) in [6.07, 6.45) is 5.31. The van der Waals surface area contributed by atoms with Gasteiger partial charge in [-0.2, -0.15) is 0 Å². The topological polar surface area (TPSA) is 72.2 Å². The minimum atomic E-state index is -0.453. The lowest BCUT2D eigenvalue weighted by atomic mass is 9.84. The number of thiophene rings is 1. The molecule has 1 heterocycles. The molecule has 0 aliphatic heterocycles. The Labute approximate surface area is 152 Å². The van der Waals surface area contributed by atoms with Crippen molar-refractivity contribution >= 4 is 28.2 Å². The lowest BCUT2D eigenvalue weighted by Crippen LogP contribution is -2.20. The van der Waals surface area contributed by atoms with Gasteiger partial charge in [0.05, 0.1) is 5.56 Å². The lowest BCUT2D eigenvalue weighted by molar-refractivity contribution is 0.1000. The molecule has 2 aromatic rings. The van der Waals surface area contributed by atoms with Crippen molar-refractivity contribution < 1.29 is 9.59 Å². The highest BCUT2D eigenvalue weighted by Crippen LogP contribution is 2.40. The Hall–Kier alpha value is -2.14. The maximum atomic E-state index is 12.6. The van der Waals surface area contributed by atoms with E-state index in [1.54, 1.807) is 6.07 Å². The van der Waals surface area contributed by atoms with Crippen LogP contribution in [0, 0.1) is 12.8 Å². The van der Waals surface area contributed by atoms with E-state index in [0.717, 1.165) is 30.4 Å². The molecule has 1 atom stereocenters. The first-order chi connectivity index (χ1) is 12.0. The molecule has 132 valence electrons. The zero-order valence-corrected chi connectivity index (χ0v) is 15.5. The monoisotopic (exact) mass is 356 g/mol. The molecule has 1 aromatic heterocycles. The third-order valence-corrected chi connectivity index (χ3v) is 5.99. The van der Waals surface area contributed by atoms with E-state index < -0.39 is 5.91 Å². The molecule has 1 aromatic carbocycles. The summed E-state index contributed by atoms with van der Waals surface area (Å²) in [6, 6.07) is 7.42. The van der Waals surface area contributed by atoms with Crippen LogP contribution in [-0.2, 0) is 12.8 Å². The zero-order valence-electron chi connectivity index (χ0n) is 14.7. The molecule has 0 fully saturated rings. The Morgan fingerprint density at radius 3 is 2.84 bits per heavy atom. The third-order valence-electron chi connectivity index (χ3n) is 4.82. The standard InChI is InChI=1S/C20H24N2O2S/c1-3-5-13-8-9-15-16(11-13)25-20(17(15)18(21)23)22-19(24)14-7-4-6-12(2)10-14/h4,6-7,10,13H,3,5,8-9,11H2,1-2H3,(H2,21,23)(H,22,24). The largest absolute Gasteiger partial charge is 0.365 e. The number of anilines is 1. The molecule has 1 aliphatic rings. The number of primary amides is 1. The van der Waals surface area contributed by atoms with E-state index in [4.69, 9.17) is 5.73 Å². The quantitative estimate of drug-likeness (QED) is 0.838. The summed E-state index contributed by atoms with van der Waals surface area (Å²) < 4.78 is 0. The van der Waals surface area contributed by atoms with Crippen LogP contribution in [-0.4, -0.2) is 11.8 Å². The van der Waals surface area contributed by atoms with Crippen LogP contribution in [0.3, 0.4) is 0 Å². The van der Waals surface area contributed by atoms with Crippen molar-refractivity contribution in [3.63, 3.8) is 0 Å². The van der Waals surface area contributed by atoms with E-state index in [0.29, 0.717) is 22.0 Å². The van der Waals surface area contributed by atoms with Gasteiger partial charge in [-0.3, -0.25) is 9.59 Å². The number of benzene rings is 1. The fourth-order valence-electron chi connectivity index (χ4n) is 3.62. The van der Waals surface area contributed by atoms with Gasteiger partial charge in [0.2, 0.25) is 0 Å². The molecule has 0 radical (unpaired) electrons. The van der Waals surface area contributed by atoms with E-state index in [2.05, 4.69) is 12.2 Å². The fourth-order valence-corrected chi connectivity index (χ4v) is 4.98. The number of carbonyl (C=O) groups excluding carboxylic acids is 2. The number of aryl methyl sites for hydroxylation is 1. The molecule has 0 bridgehead atoms. The van der Waals surface area contributed by atoms with Gasteiger partial charge in [-0.25, -0.2) is 0 Å². The number of nitrogens with one attached hydrogen (secondary N) is 1. The van der Waals surface area contributed by atoms with Gasteiger partial charge >= 0.3 is 0 Å². The van der Waals surface area contributed by atoms with Crippen LogP contribution >= 0.6 is 11.3 Å². The molecular formula is C20H24N2O2S. The number of amides is 2. The van der Waals surface area contributed by atoms with Gasteiger partial charge in [0.1, 0.15) is 5.00 Å². The maximum Gasteiger partial charge on any atom is 0.256 e. The molecule has 0 saturated heterocycles. The van der Waals surface area contributed by atoms with E-state index in [-0.39, 0.29) is 5.91 Å². The van der Waals surface area contributed by atoms with Crippen molar-refractivity contribution in [2.45, 2.75) is 46.0 Å². The van der Waals surface area contributed by atoms with Crippen LogP contribution in [0.25, 0.3) is 0 Å². The van der Waals surface area contributed by atoms with Crippen LogP contribution in [0.2, 0.25) is 0 Å². The average molecular weight is 356 g/mol. The van der Waals surface area contributed by atoms with Crippen LogP contribution in [0.15, 0.2) is 24.3 Å². The Morgan fingerprint density at radius 2 is 2.16 bits per heavy atom. The first-order valence-corrected chi connectivity index (χ1v) is 9.63. The van der Waals surface area contributed by atoms with Crippen LogP contribution < -0.4 is 11.1 Å². The highest BCUT2D eigenvalue weighted by atomic mass is 32.1. The molecule has 1 unspecified atom stereocenters. The average Bonchev–Trinajstić information content (AvgIpc) is 2.92. The van der Waals surface area contributed by atoms with E-state index in [1.807, 2.05) is 25.1 Å². The number of hydrogen-bond acceptors (Lipinski definition) is 3. The van der Waals surface area contributed by atoms with E-state index in [1.165, 1.54) is 29.1 Å². The molecule has 2 amide bonds. The third kappa shape index (κ3) is 3.76. The number of rotatable bonds is 5. The molecule has 3 N–H and O–H groups in total. The van der Waals surface area contributed by atoms with Crippen molar-refractivity contribution in [2.24, 2.45) is 11.7 Å². The number of fused-ring (bicyclic) bond motifs is 1. The highest BCUT2D eigenvalue weighted by Gasteiger charge is 2.28. The summed E-state index contributed by atoms with van der Waals surface area (Å²) >= 11 is 1.51. The molecule has 25 heavy (non-hydrogen) atoms. The van der Waals surface area contributed by atoms with Crippen molar-refractivity contribution in [3.8, 4) is 0 Å². The van der Waals surface area contributed by atoms with Crippen molar-refractivity contribution in [3.05, 3.63) is 51.4 Å². The molecular weight excluding hydrogens is 332 g/mol. The molecule has 0 spiro atoms. The Bertz CT molecular complexity index is 810. The second-order valence-corrected chi connectivity index (χ2v) is 7.90. The summed E-state index contributed by atoms with van der Waals surface area (Å²) in [5.41, 5.74) is 8.80. The van der Waals surface area contributed by atoms with Crippen LogP contribution in [0.1, 0.15) is 62.9 Å². The summed E-state index contributed by atoms with van der Waals surface area (Å²) in [4.78, 5) is 25.8. The number of carbonyl (C=O) groups is 2. The predicted octanol–water partition coefficient (Wildman–Crippen LogP) is 4.31. The minimum absolute atomic E-state index is 0.199. The number of nitrogens with two attached hydrogens (primary N) is 1. The summed E-state index contributed by atoms with van der Waals surface area (Å²) in [5.74, 6) is 0.0121. The molecule has 0 saturated carbocycles. The van der Waals surface area contributed by atoms with Gasteiger partial charge < -0.3 is 11.1 Å². The zero-order chi connectivity index (χ0) is 18.0. The molecule has 3 rings (SSSR count). The Morgan fingerprint density at radius 1 is 1.36 bits per heavy atom. The van der Waals surface area contributed by atoms with Crippen molar-refractivity contribution in [1.82, 2.24) is 0 Å². The predicted molar refractivity (Wildman–Crippen MR) is 102 cm³/mol. The summed E-state index contributed by atoms with van der Waals surface area (Å²) in [5, 5.41) is 3.52. The van der Waals surface area contributed by atoms with Gasteiger partial charge in [-0.15, -0.1) is 11.3 Å². The highest BCUT2D eigenvalue weighted by molar-refractivity contribution is 7.17. The van der Waals surface area contributed by atoms with Gasteiger partial charge in [0.15, 0.2) is 0 Å². The fraction of sp³-hybridized carbons (Fsp3) is 0.400. The molecule has 4 nitrogen and oxygen atoms in total. The Kier molecular flexibility index (Phi) is 5.23. The van der Waals surface area contributed by atoms with Crippen molar-refractivity contribution in [2.75, 3.05) is 5.32 Å². The maximum absolute atomic E-state index is 12.6. The molecule has 5 heteroatoms. The second-order valence-electron chi connectivity index (χ2n) is 6.79. The Balaban J connectivity index is 1.89. The van der Waals surface area contributed by atoms with E-state index in [9.17, 15) is 9.59 Å². The normalized spacial score (nSPS) is 16.3.